The minimum Gasteiger partial charge on any atom is -0.366 e. The third kappa shape index (κ3) is 3.38. The maximum absolute atomic E-state index is 15.6. The van der Waals surface area contributed by atoms with Crippen LogP contribution in [0.15, 0.2) is 84.9 Å². The Morgan fingerprint density at radius 3 is 2.24 bits per heavy atom. The van der Waals surface area contributed by atoms with Gasteiger partial charge in [0.2, 0.25) is 5.91 Å². The van der Waals surface area contributed by atoms with Gasteiger partial charge < -0.3 is 10.6 Å². The van der Waals surface area contributed by atoms with Crippen molar-refractivity contribution in [3.63, 3.8) is 0 Å². The van der Waals surface area contributed by atoms with Crippen LogP contribution >= 0.6 is 0 Å². The van der Waals surface area contributed by atoms with Crippen molar-refractivity contribution in [3.05, 3.63) is 113 Å². The van der Waals surface area contributed by atoms with Crippen LogP contribution in [-0.2, 0) is 6.54 Å². The minimum atomic E-state index is -0.769. The quantitative estimate of drug-likeness (QED) is 0.446. The number of primary amides is 1. The van der Waals surface area contributed by atoms with Crippen LogP contribution < -0.4 is 10.6 Å². The van der Waals surface area contributed by atoms with Crippen molar-refractivity contribution in [2.24, 2.45) is 5.73 Å². The lowest BCUT2D eigenvalue weighted by Gasteiger charge is -2.32. The summed E-state index contributed by atoms with van der Waals surface area (Å²) in [5.74, 6) is -1.97. The molecule has 162 valence electrons. The second kappa shape index (κ2) is 8.02. The van der Waals surface area contributed by atoms with E-state index in [1.54, 1.807) is 24.0 Å². The number of hydrogen-bond acceptors (Lipinski definition) is 2. The zero-order valence-electron chi connectivity index (χ0n) is 18.0. The molecule has 5 rings (SSSR count). The molecule has 33 heavy (non-hydrogen) atoms. The summed E-state index contributed by atoms with van der Waals surface area (Å²) in [4.78, 5) is 27.6. The Morgan fingerprint density at radius 1 is 0.879 bits per heavy atom. The van der Waals surface area contributed by atoms with Crippen molar-refractivity contribution < 1.29 is 14.0 Å². The van der Waals surface area contributed by atoms with Crippen molar-refractivity contribution in [2.75, 3.05) is 4.90 Å². The number of nitrogens with two attached hydrogens (primary N) is 1. The zero-order valence-corrected chi connectivity index (χ0v) is 18.0. The summed E-state index contributed by atoms with van der Waals surface area (Å²) in [7, 11) is 0. The highest BCUT2D eigenvalue weighted by Gasteiger charge is 2.32. The molecule has 2 amide bonds. The summed E-state index contributed by atoms with van der Waals surface area (Å²) in [5, 5.41) is 0. The fraction of sp³-hybridized carbons (Fsp3) is 0.0714. The predicted octanol–water partition coefficient (Wildman–Crippen LogP) is 5.73. The average Bonchev–Trinajstić information content (AvgIpc) is 2.84. The Labute approximate surface area is 191 Å². The van der Waals surface area contributed by atoms with Gasteiger partial charge in [0.05, 0.1) is 17.8 Å². The highest BCUT2D eigenvalue weighted by atomic mass is 19.1. The van der Waals surface area contributed by atoms with Crippen LogP contribution in [0, 0.1) is 12.7 Å². The van der Waals surface area contributed by atoms with E-state index in [-0.39, 0.29) is 11.1 Å². The SMILES string of the molecule is Cc1c(C(N)=O)cc(F)c(C(=O)N2Cc3ccccc3-c3ccccc32)c1-c1ccccc1. The fourth-order valence-corrected chi connectivity index (χ4v) is 4.61. The lowest BCUT2D eigenvalue weighted by atomic mass is 9.88. The number of amides is 2. The highest BCUT2D eigenvalue weighted by Crippen LogP contribution is 2.41. The Morgan fingerprint density at radius 2 is 1.52 bits per heavy atom. The first kappa shape index (κ1) is 20.6. The van der Waals surface area contributed by atoms with Crippen molar-refractivity contribution >= 4 is 17.5 Å². The lowest BCUT2D eigenvalue weighted by Crippen LogP contribution is -2.34. The molecule has 0 aromatic heterocycles. The summed E-state index contributed by atoms with van der Waals surface area (Å²) in [6.45, 7) is 2.01. The van der Waals surface area contributed by atoms with E-state index in [0.717, 1.165) is 28.4 Å². The molecule has 0 bridgehead atoms. The molecule has 5 heteroatoms. The lowest BCUT2D eigenvalue weighted by molar-refractivity contribution is 0.0974. The third-order valence-corrected chi connectivity index (χ3v) is 6.16. The Kier molecular flexibility index (Phi) is 5.02. The standard InChI is InChI=1S/C28H21FN2O2/c1-17-22(27(30)32)15-23(29)26(25(17)18-9-3-2-4-10-18)28(33)31-16-19-11-5-6-12-20(19)21-13-7-8-14-24(21)31/h2-15H,16H2,1H3,(H2,30,32). The second-order valence-electron chi connectivity index (χ2n) is 8.08. The number of fused-ring (bicyclic) bond motifs is 3. The Balaban J connectivity index is 1.73. The number of nitrogens with zero attached hydrogens (tertiary/aromatic N) is 1. The molecule has 0 atom stereocenters. The number of hydrogen-bond donors (Lipinski definition) is 1. The molecule has 4 aromatic rings. The molecular weight excluding hydrogens is 415 g/mol. The van der Waals surface area contributed by atoms with Crippen LogP contribution in [0.4, 0.5) is 10.1 Å². The van der Waals surface area contributed by atoms with Crippen LogP contribution in [0.5, 0.6) is 0 Å². The first-order valence-corrected chi connectivity index (χ1v) is 10.6. The smallest absolute Gasteiger partial charge is 0.262 e. The zero-order chi connectivity index (χ0) is 23.1. The topological polar surface area (TPSA) is 63.4 Å². The highest BCUT2D eigenvalue weighted by molar-refractivity contribution is 6.14. The van der Waals surface area contributed by atoms with Gasteiger partial charge in [-0.15, -0.1) is 0 Å². The first-order chi connectivity index (χ1) is 16.0. The molecule has 0 aliphatic carbocycles. The van der Waals surface area contributed by atoms with Gasteiger partial charge >= 0.3 is 0 Å². The van der Waals surface area contributed by atoms with Gasteiger partial charge in [0, 0.05) is 16.7 Å². The third-order valence-electron chi connectivity index (χ3n) is 6.16. The maximum atomic E-state index is 15.6. The van der Waals surface area contributed by atoms with Crippen molar-refractivity contribution in [1.29, 1.82) is 0 Å². The number of anilines is 1. The number of rotatable bonds is 3. The normalized spacial score (nSPS) is 12.1. The molecule has 0 saturated carbocycles. The van der Waals surface area contributed by atoms with Crippen LogP contribution in [-0.4, -0.2) is 11.8 Å². The van der Waals surface area contributed by atoms with E-state index in [1.807, 2.05) is 66.7 Å². The Bertz CT molecular complexity index is 1410. The molecule has 4 aromatic carbocycles. The summed E-state index contributed by atoms with van der Waals surface area (Å²) in [6.07, 6.45) is 0. The summed E-state index contributed by atoms with van der Waals surface area (Å²) < 4.78 is 15.6. The largest absolute Gasteiger partial charge is 0.366 e. The first-order valence-electron chi connectivity index (χ1n) is 10.6. The number of para-hydroxylation sites is 1. The molecular formula is C28H21FN2O2. The van der Waals surface area contributed by atoms with E-state index >= 15 is 4.39 Å². The number of carbonyl (C=O) groups excluding carboxylic acids is 2. The molecule has 2 N–H and O–H groups in total. The summed E-state index contributed by atoms with van der Waals surface area (Å²) in [5.41, 5.74) is 10.7. The van der Waals surface area contributed by atoms with E-state index in [4.69, 9.17) is 5.73 Å². The molecule has 4 nitrogen and oxygen atoms in total. The van der Waals surface area contributed by atoms with Crippen LogP contribution in [0.1, 0.15) is 31.8 Å². The van der Waals surface area contributed by atoms with Gasteiger partial charge in [0.15, 0.2) is 0 Å². The van der Waals surface area contributed by atoms with Crippen LogP contribution in [0.25, 0.3) is 22.3 Å². The van der Waals surface area contributed by atoms with Gasteiger partial charge in [0.1, 0.15) is 5.82 Å². The van der Waals surface area contributed by atoms with E-state index in [1.165, 1.54) is 0 Å². The van der Waals surface area contributed by atoms with Gasteiger partial charge in [-0.05, 0) is 41.3 Å². The summed E-state index contributed by atoms with van der Waals surface area (Å²) >= 11 is 0. The van der Waals surface area contributed by atoms with E-state index in [9.17, 15) is 9.59 Å². The number of carbonyl (C=O) groups is 2. The molecule has 0 unspecified atom stereocenters. The molecule has 1 heterocycles. The molecule has 0 saturated heterocycles. The van der Waals surface area contributed by atoms with Gasteiger partial charge in [-0.3, -0.25) is 9.59 Å². The predicted molar refractivity (Wildman–Crippen MR) is 127 cm³/mol. The second-order valence-corrected chi connectivity index (χ2v) is 8.08. The molecule has 1 aliphatic heterocycles. The molecule has 0 fully saturated rings. The van der Waals surface area contributed by atoms with Gasteiger partial charge in [-0.25, -0.2) is 4.39 Å². The summed E-state index contributed by atoms with van der Waals surface area (Å²) in [6, 6.07) is 25.6. The van der Waals surface area contributed by atoms with Crippen molar-refractivity contribution in [2.45, 2.75) is 13.5 Å². The van der Waals surface area contributed by atoms with Gasteiger partial charge in [-0.2, -0.15) is 0 Å². The van der Waals surface area contributed by atoms with Gasteiger partial charge in [0.25, 0.3) is 5.91 Å². The maximum Gasteiger partial charge on any atom is 0.262 e. The molecule has 0 radical (unpaired) electrons. The number of halogens is 1. The fourth-order valence-electron chi connectivity index (χ4n) is 4.61. The van der Waals surface area contributed by atoms with Crippen LogP contribution in [0.3, 0.4) is 0 Å². The molecule has 1 aliphatic rings. The van der Waals surface area contributed by atoms with Crippen molar-refractivity contribution in [1.82, 2.24) is 0 Å². The monoisotopic (exact) mass is 436 g/mol. The Hall–Kier alpha value is -4.25. The minimum absolute atomic E-state index is 0.0623. The van der Waals surface area contributed by atoms with Crippen molar-refractivity contribution in [3.8, 4) is 22.3 Å². The average molecular weight is 436 g/mol. The molecule has 0 spiro atoms. The van der Waals surface area contributed by atoms with Crippen LogP contribution in [0.2, 0.25) is 0 Å². The van der Waals surface area contributed by atoms with Gasteiger partial charge in [-0.1, -0.05) is 72.8 Å². The van der Waals surface area contributed by atoms with E-state index < -0.39 is 17.6 Å². The number of benzene rings is 4. The van der Waals surface area contributed by atoms with E-state index in [2.05, 4.69) is 0 Å². The van der Waals surface area contributed by atoms with E-state index in [0.29, 0.717) is 23.2 Å².